The monoisotopic (exact) mass is 241 g/mol. The Morgan fingerprint density at radius 2 is 1.83 bits per heavy atom. The summed E-state index contributed by atoms with van der Waals surface area (Å²) in [5.74, 6) is -1.09. The lowest BCUT2D eigenvalue weighted by molar-refractivity contribution is 0.0690. The van der Waals surface area contributed by atoms with Crippen LogP contribution in [0.15, 0.2) is 42.6 Å². The highest BCUT2D eigenvalue weighted by Gasteiger charge is 2.07. The van der Waals surface area contributed by atoms with E-state index in [4.69, 9.17) is 5.11 Å². The Hall–Kier alpha value is -2.49. The number of aromatic carboxylic acids is 1. The summed E-state index contributed by atoms with van der Waals surface area (Å²) in [7, 11) is 0. The van der Waals surface area contributed by atoms with E-state index in [1.54, 1.807) is 24.3 Å². The van der Waals surface area contributed by atoms with Crippen molar-refractivity contribution in [2.24, 2.45) is 0 Å². The molecule has 4 nitrogen and oxygen atoms in total. The zero-order chi connectivity index (χ0) is 13.1. The minimum absolute atomic E-state index is 0.0132. The van der Waals surface area contributed by atoms with Crippen LogP contribution >= 0.6 is 0 Å². The summed E-state index contributed by atoms with van der Waals surface area (Å²) in [5.41, 5.74) is 2.11. The van der Waals surface area contributed by atoms with Crippen molar-refractivity contribution in [2.75, 3.05) is 0 Å². The number of carboxylic acid groups (broad SMARTS) is 1. The minimum Gasteiger partial charge on any atom is -0.477 e. The van der Waals surface area contributed by atoms with Crippen LogP contribution < -0.4 is 0 Å². The highest BCUT2D eigenvalue weighted by atomic mass is 16.4. The Morgan fingerprint density at radius 3 is 2.50 bits per heavy atom. The quantitative estimate of drug-likeness (QED) is 0.839. The van der Waals surface area contributed by atoms with Crippen LogP contribution in [0.3, 0.4) is 0 Å². The van der Waals surface area contributed by atoms with Gasteiger partial charge in [0, 0.05) is 11.8 Å². The first kappa shape index (κ1) is 12.0. The van der Waals surface area contributed by atoms with Crippen molar-refractivity contribution in [1.29, 1.82) is 0 Å². The molecule has 0 fully saturated rings. The van der Waals surface area contributed by atoms with Crippen LogP contribution in [-0.4, -0.2) is 21.8 Å². The topological polar surface area (TPSA) is 67.3 Å². The van der Waals surface area contributed by atoms with Crippen molar-refractivity contribution in [3.8, 4) is 11.1 Å². The zero-order valence-electron chi connectivity index (χ0n) is 9.75. The number of hydrogen-bond donors (Lipinski definition) is 1. The van der Waals surface area contributed by atoms with Crippen molar-refractivity contribution < 1.29 is 14.7 Å². The van der Waals surface area contributed by atoms with E-state index in [1.165, 1.54) is 19.2 Å². The van der Waals surface area contributed by atoms with E-state index in [0.717, 1.165) is 11.1 Å². The largest absolute Gasteiger partial charge is 0.477 e. The molecule has 18 heavy (non-hydrogen) atoms. The van der Waals surface area contributed by atoms with Crippen LogP contribution in [0.4, 0.5) is 0 Å². The molecule has 1 N–H and O–H groups in total. The molecule has 0 bridgehead atoms. The molecule has 90 valence electrons. The maximum atomic E-state index is 11.3. The standard InChI is InChI=1S/C14H11NO3/c1-9(16)10-3-2-4-11(7-10)12-5-6-15-13(8-12)14(17)18/h2-8H,1H3,(H,17,18). The van der Waals surface area contributed by atoms with E-state index in [2.05, 4.69) is 4.98 Å². The average Bonchev–Trinajstić information content (AvgIpc) is 2.39. The fourth-order valence-corrected chi connectivity index (χ4v) is 1.64. The first-order chi connectivity index (χ1) is 8.58. The second kappa shape index (κ2) is 4.79. The van der Waals surface area contributed by atoms with Gasteiger partial charge in [0.05, 0.1) is 0 Å². The van der Waals surface area contributed by atoms with Crippen molar-refractivity contribution in [3.05, 3.63) is 53.9 Å². The number of nitrogens with zero attached hydrogens (tertiary/aromatic N) is 1. The first-order valence-electron chi connectivity index (χ1n) is 5.38. The fraction of sp³-hybridized carbons (Fsp3) is 0.0714. The molecular weight excluding hydrogens is 230 g/mol. The highest BCUT2D eigenvalue weighted by molar-refractivity contribution is 5.95. The van der Waals surface area contributed by atoms with Crippen LogP contribution in [0.1, 0.15) is 27.8 Å². The molecule has 4 heteroatoms. The van der Waals surface area contributed by atoms with Gasteiger partial charge in [-0.15, -0.1) is 0 Å². The molecule has 0 saturated heterocycles. The molecule has 1 aromatic carbocycles. The lowest BCUT2D eigenvalue weighted by Gasteiger charge is -2.04. The Kier molecular flexibility index (Phi) is 3.19. The summed E-state index contributed by atoms with van der Waals surface area (Å²) in [6, 6.07) is 10.3. The number of aromatic nitrogens is 1. The summed E-state index contributed by atoms with van der Waals surface area (Å²) >= 11 is 0. The Bertz CT molecular complexity index is 564. The molecular formula is C14H11NO3. The van der Waals surface area contributed by atoms with Crippen molar-refractivity contribution >= 4 is 11.8 Å². The summed E-state index contributed by atoms with van der Waals surface area (Å²) in [6.45, 7) is 1.49. The SMILES string of the molecule is CC(=O)c1cccc(-c2ccnc(C(=O)O)c2)c1. The number of pyridine rings is 1. The second-order valence-electron chi connectivity index (χ2n) is 3.87. The van der Waals surface area contributed by atoms with Crippen LogP contribution in [0.2, 0.25) is 0 Å². The van der Waals surface area contributed by atoms with E-state index in [9.17, 15) is 9.59 Å². The maximum Gasteiger partial charge on any atom is 0.354 e. The molecule has 2 aromatic rings. The van der Waals surface area contributed by atoms with Gasteiger partial charge in [0.1, 0.15) is 5.69 Å². The first-order valence-corrected chi connectivity index (χ1v) is 5.38. The Balaban J connectivity index is 2.48. The van der Waals surface area contributed by atoms with Crippen LogP contribution in [0.5, 0.6) is 0 Å². The van der Waals surface area contributed by atoms with Crippen LogP contribution in [0, 0.1) is 0 Å². The molecule has 0 aliphatic rings. The number of hydrogen-bond acceptors (Lipinski definition) is 3. The molecule has 0 radical (unpaired) electrons. The van der Waals surface area contributed by atoms with Crippen LogP contribution in [0.25, 0.3) is 11.1 Å². The van der Waals surface area contributed by atoms with E-state index in [1.807, 2.05) is 6.07 Å². The predicted octanol–water partition coefficient (Wildman–Crippen LogP) is 2.65. The lowest BCUT2D eigenvalue weighted by atomic mass is 10.0. The molecule has 0 amide bonds. The molecule has 1 heterocycles. The minimum atomic E-state index is -1.07. The van der Waals surface area contributed by atoms with Gasteiger partial charge in [0.25, 0.3) is 0 Å². The maximum absolute atomic E-state index is 11.3. The number of rotatable bonds is 3. The third-order valence-corrected chi connectivity index (χ3v) is 2.58. The molecule has 0 aliphatic heterocycles. The number of carbonyl (C=O) groups excluding carboxylic acids is 1. The molecule has 0 spiro atoms. The van der Waals surface area contributed by atoms with Gasteiger partial charge in [0.15, 0.2) is 5.78 Å². The third-order valence-electron chi connectivity index (χ3n) is 2.58. The van der Waals surface area contributed by atoms with Crippen LogP contribution in [-0.2, 0) is 0 Å². The van der Waals surface area contributed by atoms with Gasteiger partial charge >= 0.3 is 5.97 Å². The second-order valence-corrected chi connectivity index (χ2v) is 3.87. The molecule has 0 aliphatic carbocycles. The predicted molar refractivity (Wildman–Crippen MR) is 66.6 cm³/mol. The third kappa shape index (κ3) is 2.43. The number of benzene rings is 1. The van der Waals surface area contributed by atoms with Gasteiger partial charge < -0.3 is 5.11 Å². The number of Topliss-reactive ketones (excluding diaryl/α,β-unsaturated/α-hetero) is 1. The smallest absolute Gasteiger partial charge is 0.354 e. The molecule has 2 rings (SSSR count). The van der Waals surface area contributed by atoms with Gasteiger partial charge in [-0.2, -0.15) is 0 Å². The molecule has 1 aromatic heterocycles. The summed E-state index contributed by atoms with van der Waals surface area (Å²) in [5, 5.41) is 8.88. The van der Waals surface area contributed by atoms with Gasteiger partial charge in [0.2, 0.25) is 0 Å². The van der Waals surface area contributed by atoms with Gasteiger partial charge in [-0.25, -0.2) is 9.78 Å². The summed E-state index contributed by atoms with van der Waals surface area (Å²) < 4.78 is 0. The Morgan fingerprint density at radius 1 is 1.11 bits per heavy atom. The average molecular weight is 241 g/mol. The number of ketones is 1. The van der Waals surface area contributed by atoms with E-state index >= 15 is 0 Å². The normalized spacial score (nSPS) is 10.1. The van der Waals surface area contributed by atoms with Crippen molar-refractivity contribution in [2.45, 2.75) is 6.92 Å². The lowest BCUT2D eigenvalue weighted by Crippen LogP contribution is -1.99. The van der Waals surface area contributed by atoms with E-state index < -0.39 is 5.97 Å². The summed E-state index contributed by atoms with van der Waals surface area (Å²) in [4.78, 5) is 25.9. The molecule has 0 unspecified atom stereocenters. The zero-order valence-corrected chi connectivity index (χ0v) is 9.75. The van der Waals surface area contributed by atoms with E-state index in [-0.39, 0.29) is 11.5 Å². The highest BCUT2D eigenvalue weighted by Crippen LogP contribution is 2.21. The van der Waals surface area contributed by atoms with Gasteiger partial charge in [-0.3, -0.25) is 4.79 Å². The number of carbonyl (C=O) groups is 2. The Labute approximate surface area is 104 Å². The molecule has 0 saturated carbocycles. The fourth-order valence-electron chi connectivity index (χ4n) is 1.64. The van der Waals surface area contributed by atoms with E-state index in [0.29, 0.717) is 5.56 Å². The number of carboxylic acids is 1. The molecule has 0 atom stereocenters. The van der Waals surface area contributed by atoms with Crippen molar-refractivity contribution in [1.82, 2.24) is 4.98 Å². The summed E-state index contributed by atoms with van der Waals surface area (Å²) in [6.07, 6.45) is 1.44. The van der Waals surface area contributed by atoms with Gasteiger partial charge in [-0.05, 0) is 36.2 Å². The van der Waals surface area contributed by atoms with Gasteiger partial charge in [-0.1, -0.05) is 18.2 Å². The van der Waals surface area contributed by atoms with Crippen molar-refractivity contribution in [3.63, 3.8) is 0 Å².